The van der Waals surface area contributed by atoms with Crippen molar-refractivity contribution in [2.75, 3.05) is 5.73 Å². The van der Waals surface area contributed by atoms with Crippen LogP contribution in [-0.2, 0) is 6.54 Å². The smallest absolute Gasteiger partial charge is 0.406 e. The number of hydrogen-bond acceptors (Lipinski definition) is 3. The molecule has 0 radical (unpaired) electrons. The number of anilines is 1. The van der Waals surface area contributed by atoms with E-state index in [4.69, 9.17) is 5.73 Å². The summed E-state index contributed by atoms with van der Waals surface area (Å²) >= 11 is 0. The van der Waals surface area contributed by atoms with Crippen molar-refractivity contribution in [2.45, 2.75) is 26.8 Å². The molecule has 1 aromatic carbocycles. The Kier molecular flexibility index (Phi) is 4.11. The number of nitrogen functional groups attached to an aromatic ring is 1. The summed E-state index contributed by atoms with van der Waals surface area (Å²) in [6.07, 6.45) is -1.27. The minimum atomic E-state index is -4.73. The van der Waals surface area contributed by atoms with E-state index in [2.05, 4.69) is 23.7 Å². The van der Waals surface area contributed by atoms with Crippen LogP contribution < -0.4 is 10.5 Å². The summed E-state index contributed by atoms with van der Waals surface area (Å²) in [6, 6.07) is 3.88. The van der Waals surface area contributed by atoms with Gasteiger partial charge < -0.3 is 10.5 Å². The van der Waals surface area contributed by atoms with Crippen molar-refractivity contribution in [1.29, 1.82) is 0 Å². The minimum absolute atomic E-state index is 0.209. The Labute approximate surface area is 120 Å². The first-order valence-electron chi connectivity index (χ1n) is 6.42. The molecule has 0 unspecified atom stereocenters. The molecule has 0 aliphatic carbocycles. The number of aromatic nitrogens is 2. The van der Waals surface area contributed by atoms with Gasteiger partial charge in [0.1, 0.15) is 5.75 Å². The lowest BCUT2D eigenvalue weighted by Gasteiger charge is -2.10. The molecule has 0 saturated heterocycles. The normalized spacial score (nSPS) is 11.9. The Morgan fingerprint density at radius 2 is 2.05 bits per heavy atom. The average molecular weight is 299 g/mol. The number of alkyl halides is 3. The van der Waals surface area contributed by atoms with E-state index in [1.54, 1.807) is 10.9 Å². The Bertz CT molecular complexity index is 620. The molecule has 4 nitrogen and oxygen atoms in total. The third kappa shape index (κ3) is 4.14. The van der Waals surface area contributed by atoms with E-state index in [0.29, 0.717) is 11.5 Å². The van der Waals surface area contributed by atoms with Gasteiger partial charge in [-0.25, -0.2) is 0 Å². The second kappa shape index (κ2) is 5.67. The summed E-state index contributed by atoms with van der Waals surface area (Å²) in [6.45, 7) is 4.90. The fourth-order valence-electron chi connectivity index (χ4n) is 1.98. The first-order chi connectivity index (χ1) is 9.74. The minimum Gasteiger partial charge on any atom is -0.406 e. The summed E-state index contributed by atoms with van der Waals surface area (Å²) in [5.41, 5.74) is 7.39. The van der Waals surface area contributed by atoms with Crippen LogP contribution in [0.3, 0.4) is 0 Å². The lowest BCUT2D eigenvalue weighted by molar-refractivity contribution is -0.274. The van der Waals surface area contributed by atoms with E-state index in [1.807, 2.05) is 6.20 Å². The zero-order chi connectivity index (χ0) is 15.6. The van der Waals surface area contributed by atoms with Gasteiger partial charge in [-0.15, -0.1) is 13.2 Å². The maximum Gasteiger partial charge on any atom is 0.573 e. The summed E-state index contributed by atoms with van der Waals surface area (Å²) in [4.78, 5) is 0. The Hall–Kier alpha value is -2.18. The number of benzene rings is 1. The molecule has 0 saturated carbocycles. The standard InChI is InChI=1S/C14H16F3N3O/c1-9(2)7-20-8-10(6-19-20)12-4-3-11(5-13(12)18)21-14(15,16)17/h3-6,8-9H,7,18H2,1-2H3. The topological polar surface area (TPSA) is 53.1 Å². The molecule has 1 heterocycles. The molecule has 114 valence electrons. The lowest BCUT2D eigenvalue weighted by Crippen LogP contribution is -2.17. The molecule has 0 spiro atoms. The first-order valence-corrected chi connectivity index (χ1v) is 6.42. The Morgan fingerprint density at radius 3 is 2.62 bits per heavy atom. The van der Waals surface area contributed by atoms with Gasteiger partial charge >= 0.3 is 6.36 Å². The van der Waals surface area contributed by atoms with Crippen LogP contribution >= 0.6 is 0 Å². The van der Waals surface area contributed by atoms with Gasteiger partial charge in [0.05, 0.1) is 6.20 Å². The maximum atomic E-state index is 12.1. The van der Waals surface area contributed by atoms with E-state index in [-0.39, 0.29) is 11.4 Å². The van der Waals surface area contributed by atoms with Gasteiger partial charge in [-0.3, -0.25) is 4.68 Å². The van der Waals surface area contributed by atoms with Crippen molar-refractivity contribution in [3.8, 4) is 16.9 Å². The number of hydrogen-bond donors (Lipinski definition) is 1. The highest BCUT2D eigenvalue weighted by Crippen LogP contribution is 2.31. The molecule has 0 aliphatic rings. The van der Waals surface area contributed by atoms with Gasteiger partial charge in [0.15, 0.2) is 0 Å². The van der Waals surface area contributed by atoms with Crippen LogP contribution in [0, 0.1) is 5.92 Å². The lowest BCUT2D eigenvalue weighted by atomic mass is 10.1. The van der Waals surface area contributed by atoms with Crippen LogP contribution in [0.2, 0.25) is 0 Å². The SMILES string of the molecule is CC(C)Cn1cc(-c2ccc(OC(F)(F)F)cc2N)cn1. The van der Waals surface area contributed by atoms with Gasteiger partial charge in [-0.2, -0.15) is 5.10 Å². The average Bonchev–Trinajstić information content (AvgIpc) is 2.74. The van der Waals surface area contributed by atoms with Gasteiger partial charge in [-0.05, 0) is 18.1 Å². The molecule has 1 aromatic heterocycles. The molecule has 0 amide bonds. The third-order valence-electron chi connectivity index (χ3n) is 2.75. The molecule has 7 heteroatoms. The Morgan fingerprint density at radius 1 is 1.33 bits per heavy atom. The first kappa shape index (κ1) is 15.2. The van der Waals surface area contributed by atoms with Crippen LogP contribution in [0.25, 0.3) is 11.1 Å². The fraction of sp³-hybridized carbons (Fsp3) is 0.357. The van der Waals surface area contributed by atoms with Crippen molar-refractivity contribution in [3.63, 3.8) is 0 Å². The van der Waals surface area contributed by atoms with E-state index in [0.717, 1.165) is 18.2 Å². The van der Waals surface area contributed by atoms with E-state index in [1.165, 1.54) is 12.1 Å². The van der Waals surface area contributed by atoms with Crippen LogP contribution in [0.15, 0.2) is 30.6 Å². The van der Waals surface area contributed by atoms with E-state index < -0.39 is 6.36 Å². The molecule has 0 fully saturated rings. The molecule has 21 heavy (non-hydrogen) atoms. The molecule has 2 N–H and O–H groups in total. The number of ether oxygens (including phenoxy) is 1. The molecule has 0 atom stereocenters. The highest BCUT2D eigenvalue weighted by Gasteiger charge is 2.31. The monoisotopic (exact) mass is 299 g/mol. The van der Waals surface area contributed by atoms with Crippen molar-refractivity contribution in [3.05, 3.63) is 30.6 Å². The highest BCUT2D eigenvalue weighted by atomic mass is 19.4. The molecular formula is C14H16F3N3O. The second-order valence-electron chi connectivity index (χ2n) is 5.14. The zero-order valence-electron chi connectivity index (χ0n) is 11.7. The molecule has 2 aromatic rings. The second-order valence-corrected chi connectivity index (χ2v) is 5.14. The van der Waals surface area contributed by atoms with Gasteiger partial charge in [-0.1, -0.05) is 13.8 Å². The summed E-state index contributed by atoms with van der Waals surface area (Å²) in [7, 11) is 0. The van der Waals surface area contributed by atoms with E-state index >= 15 is 0 Å². The van der Waals surface area contributed by atoms with Crippen LogP contribution in [0.4, 0.5) is 18.9 Å². The molecular weight excluding hydrogens is 283 g/mol. The van der Waals surface area contributed by atoms with Gasteiger partial charge in [0, 0.05) is 35.6 Å². The largest absolute Gasteiger partial charge is 0.573 e. The van der Waals surface area contributed by atoms with Crippen molar-refractivity contribution >= 4 is 5.69 Å². The van der Waals surface area contributed by atoms with Crippen LogP contribution in [0.1, 0.15) is 13.8 Å². The number of nitrogens with two attached hydrogens (primary N) is 1. The quantitative estimate of drug-likeness (QED) is 0.876. The van der Waals surface area contributed by atoms with Crippen LogP contribution in [0.5, 0.6) is 5.75 Å². The van der Waals surface area contributed by atoms with Crippen molar-refractivity contribution in [1.82, 2.24) is 9.78 Å². The fourth-order valence-corrected chi connectivity index (χ4v) is 1.98. The number of rotatable bonds is 4. The number of halogens is 3. The molecule has 2 rings (SSSR count). The Balaban J connectivity index is 2.22. The zero-order valence-corrected chi connectivity index (χ0v) is 11.7. The molecule has 0 aliphatic heterocycles. The predicted molar refractivity (Wildman–Crippen MR) is 73.6 cm³/mol. The van der Waals surface area contributed by atoms with Crippen molar-refractivity contribution in [2.24, 2.45) is 5.92 Å². The van der Waals surface area contributed by atoms with Crippen LogP contribution in [-0.4, -0.2) is 16.1 Å². The van der Waals surface area contributed by atoms with Gasteiger partial charge in [0.25, 0.3) is 0 Å². The number of nitrogens with zero attached hydrogens (tertiary/aromatic N) is 2. The highest BCUT2D eigenvalue weighted by molar-refractivity contribution is 5.76. The summed E-state index contributed by atoms with van der Waals surface area (Å²) in [5, 5.41) is 4.21. The molecule has 0 bridgehead atoms. The predicted octanol–water partition coefficient (Wildman–Crippen LogP) is 3.69. The van der Waals surface area contributed by atoms with E-state index in [9.17, 15) is 13.2 Å². The maximum absolute atomic E-state index is 12.1. The van der Waals surface area contributed by atoms with Gasteiger partial charge in [0.2, 0.25) is 0 Å². The third-order valence-corrected chi connectivity index (χ3v) is 2.75. The van der Waals surface area contributed by atoms with Crippen molar-refractivity contribution < 1.29 is 17.9 Å². The summed E-state index contributed by atoms with van der Waals surface area (Å²) in [5.74, 6) is 0.107. The summed E-state index contributed by atoms with van der Waals surface area (Å²) < 4.78 is 42.0.